The van der Waals surface area contributed by atoms with Crippen LogP contribution in [0.1, 0.15) is 23.2 Å². The van der Waals surface area contributed by atoms with Crippen molar-refractivity contribution in [2.75, 3.05) is 33.4 Å². The van der Waals surface area contributed by atoms with Crippen LogP contribution in [-0.2, 0) is 13.1 Å². The predicted octanol–water partition coefficient (Wildman–Crippen LogP) is 3.32. The van der Waals surface area contributed by atoms with Crippen LogP contribution in [0.25, 0.3) is 5.13 Å². The number of rotatable bonds is 8. The van der Waals surface area contributed by atoms with Gasteiger partial charge in [0.2, 0.25) is 0 Å². The van der Waals surface area contributed by atoms with Crippen molar-refractivity contribution in [1.82, 2.24) is 19.4 Å². The largest absolute Gasteiger partial charge is 0.496 e. The molecule has 7 heteroatoms. The summed E-state index contributed by atoms with van der Waals surface area (Å²) in [5.41, 5.74) is 3.71. The third-order valence-corrected chi connectivity index (χ3v) is 6.61. The fourth-order valence-corrected chi connectivity index (χ4v) is 4.96. The van der Waals surface area contributed by atoms with Crippen LogP contribution in [0.4, 0.5) is 0 Å². The molecule has 1 fully saturated rings. The average Bonchev–Trinajstić information content (AvgIpc) is 3.42. The molecule has 1 atom stereocenters. The lowest BCUT2D eigenvalue weighted by atomic mass is 10.1. The van der Waals surface area contributed by atoms with Crippen LogP contribution in [0.3, 0.4) is 0 Å². The van der Waals surface area contributed by atoms with E-state index in [-0.39, 0.29) is 6.61 Å². The third kappa shape index (κ3) is 4.75. The van der Waals surface area contributed by atoms with E-state index >= 15 is 0 Å². The molecule has 4 rings (SSSR count). The van der Waals surface area contributed by atoms with E-state index < -0.39 is 0 Å². The Labute approximate surface area is 182 Å². The number of aryl methyl sites for hydroxylation is 1. The number of ether oxygens (including phenoxy) is 1. The minimum absolute atomic E-state index is 0.214. The summed E-state index contributed by atoms with van der Waals surface area (Å²) in [6, 6.07) is 11.0. The normalized spacial score (nSPS) is 18.0. The molecule has 0 radical (unpaired) electrons. The molecule has 6 nitrogen and oxygen atoms in total. The number of piperazine rings is 1. The van der Waals surface area contributed by atoms with Gasteiger partial charge in [-0.2, -0.15) is 0 Å². The maximum atomic E-state index is 9.65. The maximum absolute atomic E-state index is 9.65. The molecule has 0 bridgehead atoms. The van der Waals surface area contributed by atoms with Gasteiger partial charge in [0, 0.05) is 68.8 Å². The lowest BCUT2D eigenvalue weighted by Crippen LogP contribution is -2.52. The monoisotopic (exact) mass is 426 g/mol. The zero-order valence-corrected chi connectivity index (χ0v) is 18.5. The molecule has 1 aliphatic heterocycles. The standard InChI is InChI=1S/C23H30N4O2S/c1-18-14-19(5-6-22(18)29-2)15-26-11-10-25(16-20(26)7-12-28)17-21-4-3-9-27(21)23-24-8-13-30-23/h3-6,8-9,13-14,20,28H,7,10-12,15-17H2,1-2H3. The highest BCUT2D eigenvalue weighted by Crippen LogP contribution is 2.23. The van der Waals surface area contributed by atoms with Crippen LogP contribution in [0.15, 0.2) is 48.1 Å². The molecule has 0 amide bonds. The van der Waals surface area contributed by atoms with Crippen molar-refractivity contribution >= 4 is 11.3 Å². The van der Waals surface area contributed by atoms with Crippen LogP contribution < -0.4 is 4.74 Å². The summed E-state index contributed by atoms with van der Waals surface area (Å²) in [5.74, 6) is 0.929. The Hall–Kier alpha value is -2.19. The Bertz CT molecular complexity index is 941. The van der Waals surface area contributed by atoms with Gasteiger partial charge in [-0.15, -0.1) is 11.3 Å². The summed E-state index contributed by atoms with van der Waals surface area (Å²) in [4.78, 5) is 9.45. The van der Waals surface area contributed by atoms with Gasteiger partial charge in [0.1, 0.15) is 5.75 Å². The Morgan fingerprint density at radius 3 is 2.87 bits per heavy atom. The van der Waals surface area contributed by atoms with Crippen LogP contribution in [-0.4, -0.2) is 63.9 Å². The highest BCUT2D eigenvalue weighted by Gasteiger charge is 2.27. The number of thiazole rings is 1. The molecular weight excluding hydrogens is 396 g/mol. The SMILES string of the molecule is COc1ccc(CN2CCN(Cc3cccn3-c3nccs3)CC2CCO)cc1C. The molecule has 1 N–H and O–H groups in total. The Balaban J connectivity index is 1.42. The molecule has 0 saturated carbocycles. The Morgan fingerprint density at radius 1 is 1.23 bits per heavy atom. The fourth-order valence-electron chi connectivity index (χ4n) is 4.30. The van der Waals surface area contributed by atoms with Crippen LogP contribution in [0.2, 0.25) is 0 Å². The number of aliphatic hydroxyl groups excluding tert-OH is 1. The van der Waals surface area contributed by atoms with E-state index in [9.17, 15) is 5.11 Å². The van der Waals surface area contributed by atoms with E-state index in [1.165, 1.54) is 11.3 Å². The predicted molar refractivity (Wildman–Crippen MR) is 120 cm³/mol. The minimum Gasteiger partial charge on any atom is -0.496 e. The van der Waals surface area contributed by atoms with Crippen molar-refractivity contribution in [1.29, 1.82) is 0 Å². The molecule has 30 heavy (non-hydrogen) atoms. The third-order valence-electron chi connectivity index (χ3n) is 5.84. The number of nitrogens with zero attached hydrogens (tertiary/aromatic N) is 4. The van der Waals surface area contributed by atoms with Gasteiger partial charge in [-0.3, -0.25) is 14.4 Å². The van der Waals surface area contributed by atoms with Crippen molar-refractivity contribution < 1.29 is 9.84 Å². The fraction of sp³-hybridized carbons (Fsp3) is 0.435. The molecule has 1 unspecified atom stereocenters. The minimum atomic E-state index is 0.214. The summed E-state index contributed by atoms with van der Waals surface area (Å²) in [5, 5.41) is 12.7. The second-order valence-corrected chi connectivity index (χ2v) is 8.73. The first kappa shape index (κ1) is 21.1. The molecule has 0 spiro atoms. The van der Waals surface area contributed by atoms with Crippen LogP contribution in [0.5, 0.6) is 5.75 Å². The summed E-state index contributed by atoms with van der Waals surface area (Å²) < 4.78 is 7.57. The summed E-state index contributed by atoms with van der Waals surface area (Å²) in [7, 11) is 1.71. The van der Waals surface area contributed by atoms with Gasteiger partial charge in [-0.1, -0.05) is 12.1 Å². The van der Waals surface area contributed by atoms with Crippen molar-refractivity contribution in [3.63, 3.8) is 0 Å². The number of hydrogen-bond acceptors (Lipinski definition) is 6. The second kappa shape index (κ2) is 9.75. The van der Waals surface area contributed by atoms with Gasteiger partial charge < -0.3 is 9.84 Å². The Morgan fingerprint density at radius 2 is 2.13 bits per heavy atom. The van der Waals surface area contributed by atoms with Crippen molar-refractivity contribution in [3.05, 3.63) is 64.9 Å². The molecule has 160 valence electrons. The second-order valence-electron chi connectivity index (χ2n) is 7.86. The van der Waals surface area contributed by atoms with Gasteiger partial charge >= 0.3 is 0 Å². The number of benzene rings is 1. The van der Waals surface area contributed by atoms with Gasteiger partial charge in [0.15, 0.2) is 5.13 Å². The molecule has 0 aliphatic carbocycles. The van der Waals surface area contributed by atoms with E-state index in [0.717, 1.165) is 55.6 Å². The molecule has 1 saturated heterocycles. The zero-order valence-electron chi connectivity index (χ0n) is 17.7. The van der Waals surface area contributed by atoms with Gasteiger partial charge in [-0.05, 0) is 42.7 Å². The van der Waals surface area contributed by atoms with Gasteiger partial charge in [-0.25, -0.2) is 4.98 Å². The first-order chi connectivity index (χ1) is 14.7. The molecule has 3 aromatic rings. The van der Waals surface area contributed by atoms with Crippen molar-refractivity contribution in [2.24, 2.45) is 0 Å². The highest BCUT2D eigenvalue weighted by atomic mass is 32.1. The maximum Gasteiger partial charge on any atom is 0.193 e. The summed E-state index contributed by atoms with van der Waals surface area (Å²) >= 11 is 1.65. The smallest absolute Gasteiger partial charge is 0.193 e. The quantitative estimate of drug-likeness (QED) is 0.599. The molecule has 3 heterocycles. The highest BCUT2D eigenvalue weighted by molar-refractivity contribution is 7.12. The summed E-state index contributed by atoms with van der Waals surface area (Å²) in [6.45, 7) is 7.06. The van der Waals surface area contributed by atoms with E-state index in [0.29, 0.717) is 6.04 Å². The first-order valence-corrected chi connectivity index (χ1v) is 11.3. The van der Waals surface area contributed by atoms with Gasteiger partial charge in [0.05, 0.1) is 7.11 Å². The van der Waals surface area contributed by atoms with Crippen molar-refractivity contribution in [2.45, 2.75) is 32.5 Å². The summed E-state index contributed by atoms with van der Waals surface area (Å²) in [6.07, 6.45) is 4.72. The number of hydrogen-bond donors (Lipinski definition) is 1. The van der Waals surface area contributed by atoms with Crippen molar-refractivity contribution in [3.8, 4) is 10.9 Å². The number of aromatic nitrogens is 2. The molecule has 1 aliphatic rings. The zero-order chi connectivity index (χ0) is 20.9. The Kier molecular flexibility index (Phi) is 6.84. The lowest BCUT2D eigenvalue weighted by molar-refractivity contribution is 0.0492. The van der Waals surface area contributed by atoms with Gasteiger partial charge in [0.25, 0.3) is 0 Å². The number of methoxy groups -OCH3 is 1. The van der Waals surface area contributed by atoms with E-state index in [1.54, 1.807) is 18.4 Å². The van der Waals surface area contributed by atoms with E-state index in [1.807, 2.05) is 11.6 Å². The average molecular weight is 427 g/mol. The number of aliphatic hydroxyl groups is 1. The molecular formula is C23H30N4O2S. The molecule has 2 aromatic heterocycles. The first-order valence-electron chi connectivity index (χ1n) is 10.4. The lowest BCUT2D eigenvalue weighted by Gasteiger charge is -2.41. The molecule has 1 aromatic carbocycles. The van der Waals surface area contributed by atoms with Crippen LogP contribution in [0, 0.1) is 6.92 Å². The van der Waals surface area contributed by atoms with E-state index in [2.05, 4.69) is 62.8 Å². The topological polar surface area (TPSA) is 53.8 Å². The van der Waals surface area contributed by atoms with E-state index in [4.69, 9.17) is 4.74 Å². The van der Waals surface area contributed by atoms with Crippen LogP contribution >= 0.6 is 11.3 Å².